The van der Waals surface area contributed by atoms with Crippen LogP contribution in [0.1, 0.15) is 40.2 Å². The van der Waals surface area contributed by atoms with Gasteiger partial charge in [-0.3, -0.25) is 0 Å². The molecule has 0 saturated heterocycles. The Bertz CT molecular complexity index is 528. The molecule has 0 radical (unpaired) electrons. The van der Waals surface area contributed by atoms with Crippen molar-refractivity contribution in [1.82, 2.24) is 4.72 Å². The summed E-state index contributed by atoms with van der Waals surface area (Å²) in [6.45, 7) is 10.5. The van der Waals surface area contributed by atoms with Crippen LogP contribution in [0.5, 0.6) is 0 Å². The molecule has 0 aliphatic carbocycles. The van der Waals surface area contributed by atoms with Crippen LogP contribution in [-0.2, 0) is 15.4 Å². The van der Waals surface area contributed by atoms with Gasteiger partial charge >= 0.3 is 0 Å². The van der Waals surface area contributed by atoms with Crippen LogP contribution in [0.15, 0.2) is 29.2 Å². The molecular formula is C15H26N2O2S. The second kappa shape index (κ2) is 6.24. The quantitative estimate of drug-likeness (QED) is 0.875. The monoisotopic (exact) mass is 298 g/mol. The van der Waals surface area contributed by atoms with E-state index in [0.717, 1.165) is 5.56 Å². The van der Waals surface area contributed by atoms with E-state index in [1.807, 2.05) is 26.0 Å². The van der Waals surface area contributed by atoms with Gasteiger partial charge in [0.15, 0.2) is 0 Å². The molecule has 1 unspecified atom stereocenters. The molecule has 1 aromatic carbocycles. The van der Waals surface area contributed by atoms with Gasteiger partial charge in [-0.15, -0.1) is 0 Å². The van der Waals surface area contributed by atoms with Crippen molar-refractivity contribution in [2.24, 2.45) is 11.7 Å². The van der Waals surface area contributed by atoms with Gasteiger partial charge in [0.25, 0.3) is 0 Å². The maximum absolute atomic E-state index is 12.3. The van der Waals surface area contributed by atoms with E-state index in [1.165, 1.54) is 0 Å². The summed E-state index contributed by atoms with van der Waals surface area (Å²) in [6.07, 6.45) is 0. The summed E-state index contributed by atoms with van der Waals surface area (Å²) in [5, 5.41) is 0. The standard InChI is InChI=1S/C15H26N2O2S/c1-11(2)14(10-16)17-20(18,19)13-8-6-12(7-9-13)15(3,4)5/h6-9,11,14,17H,10,16H2,1-5H3. The first kappa shape index (κ1) is 17.1. The minimum Gasteiger partial charge on any atom is -0.329 e. The molecule has 1 aromatic rings. The summed E-state index contributed by atoms with van der Waals surface area (Å²) >= 11 is 0. The highest BCUT2D eigenvalue weighted by atomic mass is 32.2. The molecule has 0 amide bonds. The number of rotatable bonds is 5. The minimum atomic E-state index is -3.51. The Hall–Kier alpha value is -0.910. The molecule has 0 heterocycles. The average Bonchev–Trinajstić information content (AvgIpc) is 2.35. The minimum absolute atomic E-state index is 0.00739. The highest BCUT2D eigenvalue weighted by molar-refractivity contribution is 7.89. The maximum Gasteiger partial charge on any atom is 0.240 e. The van der Waals surface area contributed by atoms with E-state index in [4.69, 9.17) is 5.73 Å². The van der Waals surface area contributed by atoms with E-state index in [2.05, 4.69) is 25.5 Å². The van der Waals surface area contributed by atoms with Crippen molar-refractivity contribution in [1.29, 1.82) is 0 Å². The smallest absolute Gasteiger partial charge is 0.240 e. The van der Waals surface area contributed by atoms with Crippen LogP contribution < -0.4 is 10.5 Å². The third kappa shape index (κ3) is 4.30. The molecule has 0 spiro atoms. The fraction of sp³-hybridized carbons (Fsp3) is 0.600. The molecule has 5 heteroatoms. The Morgan fingerprint density at radius 3 is 2.00 bits per heavy atom. The van der Waals surface area contributed by atoms with Crippen LogP contribution in [0.2, 0.25) is 0 Å². The summed E-state index contributed by atoms with van der Waals surface area (Å²) in [6, 6.07) is 6.78. The largest absolute Gasteiger partial charge is 0.329 e. The summed E-state index contributed by atoms with van der Waals surface area (Å²) in [5.41, 5.74) is 6.73. The lowest BCUT2D eigenvalue weighted by Gasteiger charge is -2.21. The molecule has 0 aliphatic heterocycles. The van der Waals surface area contributed by atoms with Crippen molar-refractivity contribution < 1.29 is 8.42 Å². The van der Waals surface area contributed by atoms with Gasteiger partial charge in [0.2, 0.25) is 10.0 Å². The van der Waals surface area contributed by atoms with Crippen LogP contribution in [0.25, 0.3) is 0 Å². The molecule has 4 nitrogen and oxygen atoms in total. The van der Waals surface area contributed by atoms with Crippen molar-refractivity contribution in [3.63, 3.8) is 0 Å². The van der Waals surface area contributed by atoms with Crippen LogP contribution in [0.4, 0.5) is 0 Å². The molecule has 0 aliphatic rings. The van der Waals surface area contributed by atoms with Crippen molar-refractivity contribution in [3.05, 3.63) is 29.8 Å². The van der Waals surface area contributed by atoms with E-state index in [1.54, 1.807) is 12.1 Å². The predicted octanol–water partition coefficient (Wildman–Crippen LogP) is 2.25. The van der Waals surface area contributed by atoms with Gasteiger partial charge in [0.1, 0.15) is 0 Å². The third-order valence-corrected chi connectivity index (χ3v) is 4.90. The fourth-order valence-electron chi connectivity index (χ4n) is 1.86. The zero-order valence-electron chi connectivity index (χ0n) is 13.0. The lowest BCUT2D eigenvalue weighted by Crippen LogP contribution is -2.43. The number of sulfonamides is 1. The second-order valence-electron chi connectivity index (χ2n) is 6.48. The van der Waals surface area contributed by atoms with Gasteiger partial charge in [0, 0.05) is 12.6 Å². The molecule has 0 aromatic heterocycles. The highest BCUT2D eigenvalue weighted by Gasteiger charge is 2.22. The number of nitrogens with one attached hydrogen (secondary N) is 1. The molecular weight excluding hydrogens is 272 g/mol. The zero-order chi connectivity index (χ0) is 15.6. The summed E-state index contributed by atoms with van der Waals surface area (Å²) < 4.78 is 27.3. The van der Waals surface area contributed by atoms with Gasteiger partial charge in [-0.1, -0.05) is 46.8 Å². The first-order chi connectivity index (χ1) is 9.08. The van der Waals surface area contributed by atoms with Gasteiger partial charge in [-0.05, 0) is 29.0 Å². The fourth-order valence-corrected chi connectivity index (χ4v) is 3.26. The Morgan fingerprint density at radius 1 is 1.15 bits per heavy atom. The molecule has 1 atom stereocenters. The van der Waals surface area contributed by atoms with Crippen LogP contribution in [0.3, 0.4) is 0 Å². The van der Waals surface area contributed by atoms with E-state index in [9.17, 15) is 8.42 Å². The van der Waals surface area contributed by atoms with E-state index in [0.29, 0.717) is 0 Å². The highest BCUT2D eigenvalue weighted by Crippen LogP contribution is 2.23. The molecule has 20 heavy (non-hydrogen) atoms. The number of hydrogen-bond donors (Lipinski definition) is 2. The van der Waals surface area contributed by atoms with Crippen LogP contribution in [-0.4, -0.2) is 21.0 Å². The first-order valence-electron chi connectivity index (χ1n) is 6.91. The molecule has 1 rings (SSSR count). The van der Waals surface area contributed by atoms with Crippen molar-refractivity contribution in [3.8, 4) is 0 Å². The van der Waals surface area contributed by atoms with Gasteiger partial charge in [0.05, 0.1) is 4.90 Å². The molecule has 0 saturated carbocycles. The summed E-state index contributed by atoms with van der Waals surface area (Å²) in [5.74, 6) is 0.156. The lowest BCUT2D eigenvalue weighted by molar-refractivity contribution is 0.455. The zero-order valence-corrected chi connectivity index (χ0v) is 13.8. The Kier molecular flexibility index (Phi) is 5.35. The van der Waals surface area contributed by atoms with Crippen molar-refractivity contribution >= 4 is 10.0 Å². The Balaban J connectivity index is 2.99. The first-order valence-corrected chi connectivity index (χ1v) is 8.39. The van der Waals surface area contributed by atoms with Crippen molar-refractivity contribution in [2.45, 2.75) is 51.0 Å². The average molecular weight is 298 g/mol. The lowest BCUT2D eigenvalue weighted by atomic mass is 9.87. The van der Waals surface area contributed by atoms with Crippen LogP contribution in [0, 0.1) is 5.92 Å². The number of nitrogens with two attached hydrogens (primary N) is 1. The van der Waals surface area contributed by atoms with Crippen LogP contribution >= 0.6 is 0 Å². The molecule has 114 valence electrons. The normalized spacial score (nSPS) is 14.6. The summed E-state index contributed by atoms with van der Waals surface area (Å²) in [7, 11) is -3.51. The van der Waals surface area contributed by atoms with E-state index in [-0.39, 0.29) is 28.8 Å². The topological polar surface area (TPSA) is 72.2 Å². The Morgan fingerprint density at radius 2 is 1.65 bits per heavy atom. The van der Waals surface area contributed by atoms with E-state index >= 15 is 0 Å². The number of hydrogen-bond acceptors (Lipinski definition) is 3. The SMILES string of the molecule is CC(C)C(CN)NS(=O)(=O)c1ccc(C(C)(C)C)cc1. The second-order valence-corrected chi connectivity index (χ2v) is 8.20. The Labute approximate surface area is 122 Å². The van der Waals surface area contributed by atoms with Crippen molar-refractivity contribution in [2.75, 3.05) is 6.54 Å². The van der Waals surface area contributed by atoms with Gasteiger partial charge in [-0.25, -0.2) is 13.1 Å². The van der Waals surface area contributed by atoms with E-state index < -0.39 is 10.0 Å². The predicted molar refractivity (Wildman–Crippen MR) is 83.1 cm³/mol. The summed E-state index contributed by atoms with van der Waals surface area (Å²) in [4.78, 5) is 0.282. The van der Waals surface area contributed by atoms with Gasteiger partial charge in [-0.2, -0.15) is 0 Å². The van der Waals surface area contributed by atoms with Gasteiger partial charge < -0.3 is 5.73 Å². The molecule has 0 bridgehead atoms. The third-order valence-electron chi connectivity index (χ3n) is 3.40. The maximum atomic E-state index is 12.3. The number of benzene rings is 1. The molecule has 0 fully saturated rings. The molecule has 3 N–H and O–H groups in total.